The average molecular weight is 423 g/mol. The maximum atomic E-state index is 12.6. The number of hydrogen-bond donors (Lipinski definition) is 1. The number of fused-ring (bicyclic) bond motifs is 1. The molecule has 0 bridgehead atoms. The van der Waals surface area contributed by atoms with Gasteiger partial charge in [0.25, 0.3) is 0 Å². The lowest BCUT2D eigenvalue weighted by molar-refractivity contribution is -0.122. The highest BCUT2D eigenvalue weighted by molar-refractivity contribution is 7.89. The van der Waals surface area contributed by atoms with Gasteiger partial charge in [0, 0.05) is 44.3 Å². The third kappa shape index (κ3) is 5.31. The van der Waals surface area contributed by atoms with Crippen LogP contribution in [-0.2, 0) is 14.8 Å². The van der Waals surface area contributed by atoms with Crippen LogP contribution in [0.2, 0.25) is 0 Å². The Kier molecular flexibility index (Phi) is 6.58. The zero-order valence-corrected chi connectivity index (χ0v) is 18.8. The van der Waals surface area contributed by atoms with Crippen LogP contribution in [0.3, 0.4) is 0 Å². The van der Waals surface area contributed by atoms with E-state index in [9.17, 15) is 13.2 Å². The van der Waals surface area contributed by atoms with Gasteiger partial charge in [-0.15, -0.1) is 0 Å². The first-order valence-electron chi connectivity index (χ1n) is 10.7. The molecule has 2 aliphatic rings. The Bertz CT molecular complexity index is 827. The number of rotatable bonds is 6. The number of ether oxygens (including phenoxy) is 1. The van der Waals surface area contributed by atoms with Gasteiger partial charge in [0.2, 0.25) is 15.9 Å². The number of carbonyl (C=O) groups is 1. The van der Waals surface area contributed by atoms with Crippen LogP contribution in [-0.4, -0.2) is 49.1 Å². The molecule has 6 nitrogen and oxygen atoms in total. The second-order valence-corrected chi connectivity index (χ2v) is 11.2. The Balaban J connectivity index is 1.75. The fourth-order valence-electron chi connectivity index (χ4n) is 4.54. The molecule has 1 unspecified atom stereocenters. The number of piperidine rings is 1. The van der Waals surface area contributed by atoms with Crippen molar-refractivity contribution in [1.82, 2.24) is 9.62 Å². The Morgan fingerprint density at radius 2 is 1.86 bits per heavy atom. The summed E-state index contributed by atoms with van der Waals surface area (Å²) in [4.78, 5) is 12.4. The summed E-state index contributed by atoms with van der Waals surface area (Å²) in [5.74, 6) is 1.25. The standard InChI is InChI=1S/C22H34N2O4S/c1-16(2)15-29(26,27)24-11-9-22(10-12-24)14-18(13-21(25)23-17(3)4)19-7-5-6-8-20(19)28-22/h5-8,16-18H,9-15H2,1-4H3,(H,23,25). The minimum Gasteiger partial charge on any atom is -0.487 e. The number of benzene rings is 1. The quantitative estimate of drug-likeness (QED) is 0.763. The van der Waals surface area contributed by atoms with Crippen molar-refractivity contribution >= 4 is 15.9 Å². The van der Waals surface area contributed by atoms with Crippen molar-refractivity contribution in [2.24, 2.45) is 5.92 Å². The van der Waals surface area contributed by atoms with Crippen LogP contribution in [0.4, 0.5) is 0 Å². The van der Waals surface area contributed by atoms with Crippen LogP contribution in [0, 0.1) is 5.92 Å². The lowest BCUT2D eigenvalue weighted by atomic mass is 9.76. The summed E-state index contributed by atoms with van der Waals surface area (Å²) >= 11 is 0. The van der Waals surface area contributed by atoms with E-state index in [1.165, 1.54) is 0 Å². The minimum absolute atomic E-state index is 0.0498. The summed E-state index contributed by atoms with van der Waals surface area (Å²) in [7, 11) is -3.23. The molecular formula is C22H34N2O4S. The lowest BCUT2D eigenvalue weighted by Gasteiger charge is -2.46. The van der Waals surface area contributed by atoms with Crippen LogP contribution >= 0.6 is 0 Å². The number of carbonyl (C=O) groups excluding carboxylic acids is 1. The van der Waals surface area contributed by atoms with E-state index in [0.717, 1.165) is 17.7 Å². The van der Waals surface area contributed by atoms with Gasteiger partial charge >= 0.3 is 0 Å². The molecule has 1 aromatic rings. The number of nitrogens with zero attached hydrogens (tertiary/aromatic N) is 1. The summed E-state index contributed by atoms with van der Waals surface area (Å²) < 4.78 is 33.3. The Morgan fingerprint density at radius 3 is 2.48 bits per heavy atom. The molecule has 3 rings (SSSR count). The number of hydrogen-bond acceptors (Lipinski definition) is 4. The first-order valence-corrected chi connectivity index (χ1v) is 12.3. The maximum Gasteiger partial charge on any atom is 0.220 e. The molecule has 7 heteroatoms. The van der Waals surface area contributed by atoms with Crippen molar-refractivity contribution in [3.05, 3.63) is 29.8 Å². The second kappa shape index (κ2) is 8.64. The smallest absolute Gasteiger partial charge is 0.220 e. The summed E-state index contributed by atoms with van der Waals surface area (Å²) in [6.07, 6.45) is 2.48. The van der Waals surface area contributed by atoms with E-state index in [1.54, 1.807) is 4.31 Å². The number of nitrogens with one attached hydrogen (secondary N) is 1. The number of para-hydroxylation sites is 1. The summed E-state index contributed by atoms with van der Waals surface area (Å²) in [6.45, 7) is 8.73. The molecule has 2 heterocycles. The van der Waals surface area contributed by atoms with E-state index in [-0.39, 0.29) is 29.5 Å². The summed E-state index contributed by atoms with van der Waals surface area (Å²) in [5.41, 5.74) is 0.674. The molecule has 1 fully saturated rings. The lowest BCUT2D eigenvalue weighted by Crippen LogP contribution is -2.52. The van der Waals surface area contributed by atoms with Gasteiger partial charge in [0.05, 0.1) is 5.75 Å². The summed E-state index contributed by atoms with van der Waals surface area (Å²) in [6, 6.07) is 8.05. The monoisotopic (exact) mass is 422 g/mol. The average Bonchev–Trinajstić information content (AvgIpc) is 2.60. The predicted molar refractivity (Wildman–Crippen MR) is 114 cm³/mol. The third-order valence-corrected chi connectivity index (χ3v) is 8.00. The number of amides is 1. The largest absolute Gasteiger partial charge is 0.487 e. The predicted octanol–water partition coefficient (Wildman–Crippen LogP) is 3.29. The Hall–Kier alpha value is -1.60. The second-order valence-electron chi connectivity index (χ2n) is 9.22. The minimum atomic E-state index is -3.23. The fourth-order valence-corrected chi connectivity index (χ4v) is 6.33. The molecule has 162 valence electrons. The van der Waals surface area contributed by atoms with Gasteiger partial charge in [-0.3, -0.25) is 4.79 Å². The van der Waals surface area contributed by atoms with E-state index in [2.05, 4.69) is 5.32 Å². The molecule has 1 N–H and O–H groups in total. The fraction of sp³-hybridized carbons (Fsp3) is 0.682. The van der Waals surface area contributed by atoms with E-state index in [4.69, 9.17) is 4.74 Å². The molecule has 0 saturated carbocycles. The highest BCUT2D eigenvalue weighted by atomic mass is 32.2. The highest BCUT2D eigenvalue weighted by Gasteiger charge is 2.45. The van der Waals surface area contributed by atoms with Gasteiger partial charge in [-0.1, -0.05) is 32.0 Å². The van der Waals surface area contributed by atoms with Crippen LogP contribution in [0.15, 0.2) is 24.3 Å². The molecule has 1 atom stereocenters. The van der Waals surface area contributed by atoms with Gasteiger partial charge in [-0.2, -0.15) is 0 Å². The van der Waals surface area contributed by atoms with E-state index in [1.807, 2.05) is 52.0 Å². The van der Waals surface area contributed by atoms with E-state index < -0.39 is 15.6 Å². The van der Waals surface area contributed by atoms with Crippen LogP contribution in [0.1, 0.15) is 64.9 Å². The molecule has 0 aromatic heterocycles. The number of sulfonamides is 1. The van der Waals surface area contributed by atoms with Crippen molar-refractivity contribution < 1.29 is 17.9 Å². The van der Waals surface area contributed by atoms with Gasteiger partial charge in [-0.05, 0) is 37.8 Å². The zero-order chi connectivity index (χ0) is 21.2. The van der Waals surface area contributed by atoms with Gasteiger partial charge in [-0.25, -0.2) is 12.7 Å². The zero-order valence-electron chi connectivity index (χ0n) is 18.0. The van der Waals surface area contributed by atoms with Crippen molar-refractivity contribution in [1.29, 1.82) is 0 Å². The molecule has 1 aromatic carbocycles. The maximum absolute atomic E-state index is 12.6. The summed E-state index contributed by atoms with van der Waals surface area (Å²) in [5, 5.41) is 2.99. The van der Waals surface area contributed by atoms with Crippen molar-refractivity contribution in [2.45, 2.75) is 70.9 Å². The van der Waals surface area contributed by atoms with Gasteiger partial charge in [0.15, 0.2) is 0 Å². The van der Waals surface area contributed by atoms with Crippen molar-refractivity contribution in [2.75, 3.05) is 18.8 Å². The molecule has 1 saturated heterocycles. The highest BCUT2D eigenvalue weighted by Crippen LogP contribution is 2.46. The molecule has 1 spiro atoms. The van der Waals surface area contributed by atoms with Crippen LogP contribution < -0.4 is 10.1 Å². The molecule has 0 radical (unpaired) electrons. The van der Waals surface area contributed by atoms with Crippen LogP contribution in [0.5, 0.6) is 5.75 Å². The first-order chi connectivity index (χ1) is 13.6. The Morgan fingerprint density at radius 1 is 1.21 bits per heavy atom. The topological polar surface area (TPSA) is 75.7 Å². The normalized spacial score (nSPS) is 21.8. The Labute approximate surface area is 175 Å². The SMILES string of the molecule is CC(C)CS(=O)(=O)N1CCC2(CC1)CC(CC(=O)NC(C)C)c1ccccc1O2. The van der Waals surface area contributed by atoms with E-state index >= 15 is 0 Å². The van der Waals surface area contributed by atoms with E-state index in [0.29, 0.717) is 32.4 Å². The first kappa shape index (κ1) is 22.1. The van der Waals surface area contributed by atoms with Gasteiger partial charge in [0.1, 0.15) is 11.4 Å². The van der Waals surface area contributed by atoms with Gasteiger partial charge < -0.3 is 10.1 Å². The third-order valence-electron chi connectivity index (χ3n) is 5.76. The molecular weight excluding hydrogens is 388 g/mol. The molecule has 29 heavy (non-hydrogen) atoms. The van der Waals surface area contributed by atoms with Crippen molar-refractivity contribution in [3.63, 3.8) is 0 Å². The molecule has 0 aliphatic carbocycles. The van der Waals surface area contributed by atoms with Crippen LogP contribution in [0.25, 0.3) is 0 Å². The molecule has 2 aliphatic heterocycles. The molecule has 1 amide bonds. The van der Waals surface area contributed by atoms with Crippen molar-refractivity contribution in [3.8, 4) is 5.75 Å².